The number of imidazole rings is 1. The molecule has 0 aliphatic rings. The number of nitrogens with zero attached hydrogens (tertiary/aromatic N) is 2. The van der Waals surface area contributed by atoms with Crippen molar-refractivity contribution in [2.24, 2.45) is 0 Å². The van der Waals surface area contributed by atoms with E-state index in [1.165, 1.54) is 0 Å². The Hall–Kier alpha value is -1.62. The molecule has 0 spiro atoms. The summed E-state index contributed by atoms with van der Waals surface area (Å²) < 4.78 is 13.0. The normalized spacial score (nSPS) is 12.3. The third-order valence-corrected chi connectivity index (χ3v) is 3.43. The Bertz CT molecular complexity index is 510. The molecule has 0 aliphatic heterocycles. The average molecular weight is 263 g/mol. The number of anilines is 1. The molecule has 2 rings (SSSR count). The van der Waals surface area contributed by atoms with Crippen molar-refractivity contribution >= 4 is 16.7 Å². The fourth-order valence-electron chi connectivity index (χ4n) is 1.71. The minimum atomic E-state index is -0.722. The van der Waals surface area contributed by atoms with Crippen LogP contribution in [0.2, 0.25) is 0 Å². The quantitative estimate of drug-likeness (QED) is 0.811. The summed E-state index contributed by atoms with van der Waals surface area (Å²) in [6.45, 7) is 0.781. The largest absolute Gasteiger partial charge is 0.355 e. The summed E-state index contributed by atoms with van der Waals surface area (Å²) in [4.78, 5) is 4.29. The fraction of sp³-hybridized carbons (Fsp3) is 0.308. The van der Waals surface area contributed by atoms with Crippen LogP contribution in [0.5, 0.6) is 0 Å². The summed E-state index contributed by atoms with van der Waals surface area (Å²) in [7, 11) is -0.722. The van der Waals surface area contributed by atoms with Crippen LogP contribution in [0.1, 0.15) is 6.42 Å². The molecule has 1 unspecified atom stereocenters. The Labute approximate surface area is 110 Å². The van der Waals surface area contributed by atoms with E-state index in [0.29, 0.717) is 0 Å². The zero-order valence-electron chi connectivity index (χ0n) is 10.4. The van der Waals surface area contributed by atoms with Gasteiger partial charge >= 0.3 is 0 Å². The molecule has 0 saturated carbocycles. The summed E-state index contributed by atoms with van der Waals surface area (Å²) >= 11 is 0. The van der Waals surface area contributed by atoms with Crippen molar-refractivity contribution in [3.05, 3.63) is 42.7 Å². The maximum atomic E-state index is 11.0. The van der Waals surface area contributed by atoms with Gasteiger partial charge in [0.1, 0.15) is 0 Å². The number of hydrogen-bond donors (Lipinski definition) is 1. The van der Waals surface area contributed by atoms with Crippen LogP contribution in [0.25, 0.3) is 5.69 Å². The van der Waals surface area contributed by atoms with Crippen LogP contribution in [0.3, 0.4) is 0 Å². The van der Waals surface area contributed by atoms with Gasteiger partial charge in [-0.25, -0.2) is 4.98 Å². The monoisotopic (exact) mass is 263 g/mol. The van der Waals surface area contributed by atoms with Crippen molar-refractivity contribution in [2.45, 2.75) is 6.42 Å². The molecule has 1 atom stereocenters. The molecule has 0 aliphatic carbocycles. The highest BCUT2D eigenvalue weighted by molar-refractivity contribution is 7.84. The van der Waals surface area contributed by atoms with Crippen LogP contribution in [0.4, 0.5) is 5.95 Å². The lowest BCUT2D eigenvalue weighted by molar-refractivity contribution is 0.685. The van der Waals surface area contributed by atoms with E-state index in [1.54, 1.807) is 12.5 Å². The van der Waals surface area contributed by atoms with E-state index in [2.05, 4.69) is 10.3 Å². The summed E-state index contributed by atoms with van der Waals surface area (Å²) in [5, 5.41) is 3.26. The molecule has 0 bridgehead atoms. The first-order valence-corrected chi connectivity index (χ1v) is 7.63. The summed E-state index contributed by atoms with van der Waals surface area (Å²) in [6, 6.07) is 10.1. The number of aromatic nitrogens is 2. The highest BCUT2D eigenvalue weighted by Crippen LogP contribution is 2.13. The zero-order valence-corrected chi connectivity index (χ0v) is 11.2. The van der Waals surface area contributed by atoms with Gasteiger partial charge in [-0.05, 0) is 18.6 Å². The molecular formula is C13H17N3OS. The minimum absolute atomic E-state index is 0.721. The maximum Gasteiger partial charge on any atom is 0.207 e. The number of hydrogen-bond acceptors (Lipinski definition) is 3. The number of nitrogens with one attached hydrogen (secondary N) is 1. The van der Waals surface area contributed by atoms with Crippen molar-refractivity contribution in [1.82, 2.24) is 9.55 Å². The Balaban J connectivity index is 1.98. The molecule has 0 saturated heterocycles. The first-order valence-electron chi connectivity index (χ1n) is 5.90. The van der Waals surface area contributed by atoms with Crippen LogP contribution in [0, 0.1) is 0 Å². The van der Waals surface area contributed by atoms with E-state index in [-0.39, 0.29) is 0 Å². The lowest BCUT2D eigenvalue weighted by atomic mass is 10.3. The van der Waals surface area contributed by atoms with E-state index in [0.717, 1.165) is 30.4 Å². The van der Waals surface area contributed by atoms with E-state index in [1.807, 2.05) is 41.1 Å². The van der Waals surface area contributed by atoms with Crippen molar-refractivity contribution in [3.8, 4) is 5.69 Å². The Kier molecular flexibility index (Phi) is 4.52. The molecule has 1 aromatic heterocycles. The number of para-hydroxylation sites is 1. The number of benzene rings is 1. The third kappa shape index (κ3) is 3.43. The second-order valence-electron chi connectivity index (χ2n) is 4.01. The highest BCUT2D eigenvalue weighted by Gasteiger charge is 2.03. The van der Waals surface area contributed by atoms with Gasteiger partial charge in [-0.2, -0.15) is 0 Å². The molecule has 2 aromatic rings. The molecule has 0 fully saturated rings. The van der Waals surface area contributed by atoms with E-state index >= 15 is 0 Å². The zero-order chi connectivity index (χ0) is 12.8. The lowest BCUT2D eigenvalue weighted by Crippen LogP contribution is -2.10. The van der Waals surface area contributed by atoms with Crippen molar-refractivity contribution in [1.29, 1.82) is 0 Å². The van der Waals surface area contributed by atoms with Crippen LogP contribution in [0.15, 0.2) is 42.7 Å². The molecule has 1 heterocycles. The van der Waals surface area contributed by atoms with Gasteiger partial charge < -0.3 is 5.32 Å². The standard InChI is InChI=1S/C13H17N3OS/c1-18(17)11-5-8-14-13-15-9-10-16(13)12-6-3-2-4-7-12/h2-4,6-7,9-10H,5,8,11H2,1H3,(H,14,15). The molecule has 96 valence electrons. The predicted molar refractivity (Wildman–Crippen MR) is 75.6 cm³/mol. The van der Waals surface area contributed by atoms with Crippen LogP contribution < -0.4 is 5.32 Å². The summed E-state index contributed by atoms with van der Waals surface area (Å²) in [6.07, 6.45) is 6.30. The lowest BCUT2D eigenvalue weighted by Gasteiger charge is -2.09. The van der Waals surface area contributed by atoms with Crippen LogP contribution in [-0.4, -0.2) is 32.3 Å². The Morgan fingerprint density at radius 2 is 2.11 bits per heavy atom. The first-order chi connectivity index (χ1) is 8.77. The molecule has 0 amide bonds. The van der Waals surface area contributed by atoms with Crippen molar-refractivity contribution in [3.63, 3.8) is 0 Å². The van der Waals surface area contributed by atoms with Crippen molar-refractivity contribution < 1.29 is 4.21 Å². The molecule has 1 N–H and O–H groups in total. The van der Waals surface area contributed by atoms with Crippen molar-refractivity contribution in [2.75, 3.05) is 23.9 Å². The van der Waals surface area contributed by atoms with Crippen LogP contribution >= 0.6 is 0 Å². The van der Waals surface area contributed by atoms with Gasteiger partial charge in [0.05, 0.1) is 0 Å². The van der Waals surface area contributed by atoms with E-state index in [4.69, 9.17) is 0 Å². The van der Waals surface area contributed by atoms with Gasteiger partial charge in [0, 0.05) is 47.4 Å². The van der Waals surface area contributed by atoms with Gasteiger partial charge in [0.15, 0.2) is 0 Å². The second-order valence-corrected chi connectivity index (χ2v) is 5.57. The topological polar surface area (TPSA) is 46.9 Å². The Morgan fingerprint density at radius 1 is 1.33 bits per heavy atom. The number of rotatable bonds is 6. The van der Waals surface area contributed by atoms with Gasteiger partial charge in [0.2, 0.25) is 5.95 Å². The fourth-order valence-corrected chi connectivity index (χ4v) is 2.26. The van der Waals surface area contributed by atoms with Gasteiger partial charge in [0.25, 0.3) is 0 Å². The SMILES string of the molecule is CS(=O)CCCNc1nccn1-c1ccccc1. The minimum Gasteiger partial charge on any atom is -0.355 e. The average Bonchev–Trinajstić information content (AvgIpc) is 2.84. The first kappa shape index (κ1) is 12.8. The van der Waals surface area contributed by atoms with E-state index in [9.17, 15) is 4.21 Å². The van der Waals surface area contributed by atoms with Gasteiger partial charge in [-0.3, -0.25) is 8.78 Å². The molecule has 1 aromatic carbocycles. The summed E-state index contributed by atoms with van der Waals surface area (Å²) in [5.41, 5.74) is 1.08. The predicted octanol–water partition coefficient (Wildman–Crippen LogP) is 2.05. The maximum absolute atomic E-state index is 11.0. The molecular weight excluding hydrogens is 246 g/mol. The van der Waals surface area contributed by atoms with Gasteiger partial charge in [-0.15, -0.1) is 0 Å². The van der Waals surface area contributed by atoms with Gasteiger partial charge in [-0.1, -0.05) is 18.2 Å². The Morgan fingerprint density at radius 3 is 2.83 bits per heavy atom. The molecule has 5 heteroatoms. The summed E-state index contributed by atoms with van der Waals surface area (Å²) in [5.74, 6) is 1.54. The third-order valence-electron chi connectivity index (χ3n) is 2.57. The highest BCUT2D eigenvalue weighted by atomic mass is 32.2. The molecule has 4 nitrogen and oxygen atoms in total. The van der Waals surface area contributed by atoms with Crippen LogP contribution in [-0.2, 0) is 10.8 Å². The van der Waals surface area contributed by atoms with E-state index < -0.39 is 10.8 Å². The molecule has 0 radical (unpaired) electrons. The molecule has 18 heavy (non-hydrogen) atoms. The smallest absolute Gasteiger partial charge is 0.207 e. The second kappa shape index (κ2) is 6.35.